The van der Waals surface area contributed by atoms with Gasteiger partial charge in [-0.2, -0.15) is 0 Å². The Labute approximate surface area is 111 Å². The van der Waals surface area contributed by atoms with Gasteiger partial charge in [-0.25, -0.2) is 0 Å². The van der Waals surface area contributed by atoms with Gasteiger partial charge in [0.15, 0.2) is 0 Å². The van der Waals surface area contributed by atoms with Gasteiger partial charge in [-0.1, -0.05) is 46.0 Å². The lowest BCUT2D eigenvalue weighted by Crippen LogP contribution is -2.44. The highest BCUT2D eigenvalue weighted by molar-refractivity contribution is 5.88. The van der Waals surface area contributed by atoms with Gasteiger partial charge < -0.3 is 4.90 Å². The summed E-state index contributed by atoms with van der Waals surface area (Å²) in [6, 6.07) is 0. The van der Waals surface area contributed by atoms with Gasteiger partial charge in [-0.05, 0) is 25.2 Å². The first-order chi connectivity index (χ1) is 8.72. The van der Waals surface area contributed by atoms with Crippen LogP contribution in [0.5, 0.6) is 0 Å². The second kappa shape index (κ2) is 6.05. The minimum absolute atomic E-state index is 0.164. The van der Waals surface area contributed by atoms with E-state index in [0.29, 0.717) is 11.8 Å². The Kier molecular flexibility index (Phi) is 4.66. The number of nitrogens with zero attached hydrogens (tertiary/aromatic N) is 1. The standard InChI is InChI=1S/C15H28N2O/c1-3-5-8-13(4-2)11-17-12-16-15(14(17)18)9-6-7-10-15/h13,16H,3-12H2,1-2H3. The minimum atomic E-state index is -0.164. The number of unbranched alkanes of at least 4 members (excludes halogenated alkanes) is 1. The van der Waals surface area contributed by atoms with Gasteiger partial charge in [0.1, 0.15) is 0 Å². The molecule has 3 nitrogen and oxygen atoms in total. The van der Waals surface area contributed by atoms with Crippen LogP contribution >= 0.6 is 0 Å². The smallest absolute Gasteiger partial charge is 0.243 e. The molecule has 0 aromatic heterocycles. The SMILES string of the molecule is CCCCC(CC)CN1CNC2(CCCC2)C1=O. The third-order valence-corrected chi connectivity index (χ3v) is 4.78. The lowest BCUT2D eigenvalue weighted by atomic mass is 9.96. The summed E-state index contributed by atoms with van der Waals surface area (Å²) in [6.45, 7) is 6.23. The molecule has 104 valence electrons. The molecule has 18 heavy (non-hydrogen) atoms. The van der Waals surface area contributed by atoms with Crippen molar-refractivity contribution in [3.05, 3.63) is 0 Å². The third-order valence-electron chi connectivity index (χ3n) is 4.78. The second-order valence-electron chi connectivity index (χ2n) is 6.07. The van der Waals surface area contributed by atoms with Crippen molar-refractivity contribution in [3.8, 4) is 0 Å². The van der Waals surface area contributed by atoms with E-state index in [0.717, 1.165) is 26.1 Å². The van der Waals surface area contributed by atoms with Gasteiger partial charge in [0.25, 0.3) is 0 Å². The van der Waals surface area contributed by atoms with E-state index in [1.807, 2.05) is 0 Å². The normalized spacial score (nSPS) is 24.1. The maximum Gasteiger partial charge on any atom is 0.243 e. The van der Waals surface area contributed by atoms with Crippen LogP contribution in [0.2, 0.25) is 0 Å². The van der Waals surface area contributed by atoms with Gasteiger partial charge in [-0.15, -0.1) is 0 Å². The average Bonchev–Trinajstić information content (AvgIpc) is 2.97. The van der Waals surface area contributed by atoms with Crippen LogP contribution in [-0.2, 0) is 4.79 Å². The lowest BCUT2D eigenvalue weighted by molar-refractivity contribution is -0.132. The van der Waals surface area contributed by atoms with Crippen molar-refractivity contribution in [2.45, 2.75) is 70.8 Å². The van der Waals surface area contributed by atoms with Crippen LogP contribution in [0.15, 0.2) is 0 Å². The van der Waals surface area contributed by atoms with Crippen LogP contribution in [0.25, 0.3) is 0 Å². The van der Waals surface area contributed by atoms with E-state index >= 15 is 0 Å². The highest BCUT2D eigenvalue weighted by Gasteiger charge is 2.47. The summed E-state index contributed by atoms with van der Waals surface area (Å²) in [6.07, 6.45) is 9.52. The fourth-order valence-corrected chi connectivity index (χ4v) is 3.44. The summed E-state index contributed by atoms with van der Waals surface area (Å²) in [4.78, 5) is 14.6. The Morgan fingerprint density at radius 2 is 2.06 bits per heavy atom. The quantitative estimate of drug-likeness (QED) is 0.788. The molecule has 1 saturated carbocycles. The molecule has 1 saturated heterocycles. The fourth-order valence-electron chi connectivity index (χ4n) is 3.44. The van der Waals surface area contributed by atoms with Gasteiger partial charge in [0, 0.05) is 6.54 Å². The number of amides is 1. The minimum Gasteiger partial charge on any atom is -0.328 e. The van der Waals surface area contributed by atoms with Crippen LogP contribution in [-0.4, -0.2) is 29.6 Å². The number of hydrogen-bond donors (Lipinski definition) is 1. The zero-order chi connectivity index (χ0) is 13.0. The first-order valence-corrected chi connectivity index (χ1v) is 7.76. The molecule has 1 heterocycles. The van der Waals surface area contributed by atoms with E-state index in [9.17, 15) is 4.79 Å². The molecule has 0 aromatic rings. The predicted molar refractivity (Wildman–Crippen MR) is 74.2 cm³/mol. The molecule has 0 aromatic carbocycles. The Balaban J connectivity index is 1.88. The molecule has 3 heteroatoms. The predicted octanol–water partition coefficient (Wildman–Crippen LogP) is 2.90. The van der Waals surface area contributed by atoms with Crippen molar-refractivity contribution in [2.24, 2.45) is 5.92 Å². The van der Waals surface area contributed by atoms with E-state index in [1.54, 1.807) is 0 Å². The summed E-state index contributed by atoms with van der Waals surface area (Å²) in [5.74, 6) is 1.07. The van der Waals surface area contributed by atoms with Crippen LogP contribution in [0.4, 0.5) is 0 Å². The monoisotopic (exact) mass is 252 g/mol. The maximum absolute atomic E-state index is 12.5. The Hall–Kier alpha value is -0.570. The molecule has 1 atom stereocenters. The van der Waals surface area contributed by atoms with Crippen LogP contribution in [0, 0.1) is 5.92 Å². The summed E-state index contributed by atoms with van der Waals surface area (Å²) in [5.41, 5.74) is -0.164. The number of carbonyl (C=O) groups excluding carboxylic acids is 1. The highest BCUT2D eigenvalue weighted by Crippen LogP contribution is 2.34. The lowest BCUT2D eigenvalue weighted by Gasteiger charge is -2.24. The third kappa shape index (κ3) is 2.71. The van der Waals surface area contributed by atoms with Crippen molar-refractivity contribution in [3.63, 3.8) is 0 Å². The molecule has 2 aliphatic rings. The molecule has 1 aliphatic carbocycles. The second-order valence-corrected chi connectivity index (χ2v) is 6.07. The van der Waals surface area contributed by atoms with E-state index in [-0.39, 0.29) is 5.54 Å². The summed E-state index contributed by atoms with van der Waals surface area (Å²) >= 11 is 0. The van der Waals surface area contributed by atoms with Crippen molar-refractivity contribution in [2.75, 3.05) is 13.2 Å². The molecule has 0 radical (unpaired) electrons. The zero-order valence-corrected chi connectivity index (χ0v) is 12.0. The van der Waals surface area contributed by atoms with Crippen molar-refractivity contribution >= 4 is 5.91 Å². The molecular weight excluding hydrogens is 224 g/mol. The van der Waals surface area contributed by atoms with E-state index in [2.05, 4.69) is 24.1 Å². The molecule has 2 fully saturated rings. The zero-order valence-electron chi connectivity index (χ0n) is 12.0. The van der Waals surface area contributed by atoms with Crippen LogP contribution < -0.4 is 5.32 Å². The average molecular weight is 252 g/mol. The van der Waals surface area contributed by atoms with E-state index < -0.39 is 0 Å². The topological polar surface area (TPSA) is 32.3 Å². The van der Waals surface area contributed by atoms with Crippen molar-refractivity contribution in [1.29, 1.82) is 0 Å². The maximum atomic E-state index is 12.5. The summed E-state index contributed by atoms with van der Waals surface area (Å²) in [5, 5.41) is 3.49. The van der Waals surface area contributed by atoms with Crippen molar-refractivity contribution < 1.29 is 4.79 Å². The summed E-state index contributed by atoms with van der Waals surface area (Å²) in [7, 11) is 0. The van der Waals surface area contributed by atoms with E-state index in [1.165, 1.54) is 38.5 Å². The van der Waals surface area contributed by atoms with Crippen LogP contribution in [0.1, 0.15) is 65.2 Å². The van der Waals surface area contributed by atoms with Crippen molar-refractivity contribution in [1.82, 2.24) is 10.2 Å². The molecule has 1 N–H and O–H groups in total. The number of hydrogen-bond acceptors (Lipinski definition) is 2. The van der Waals surface area contributed by atoms with Gasteiger partial charge in [-0.3, -0.25) is 10.1 Å². The highest BCUT2D eigenvalue weighted by atomic mass is 16.2. The first-order valence-electron chi connectivity index (χ1n) is 7.76. The molecule has 2 rings (SSSR count). The summed E-state index contributed by atoms with van der Waals surface area (Å²) < 4.78 is 0. The molecule has 1 unspecified atom stereocenters. The molecular formula is C15H28N2O. The first kappa shape index (κ1) is 13.9. The van der Waals surface area contributed by atoms with E-state index in [4.69, 9.17) is 0 Å². The molecule has 1 spiro atoms. The molecule has 1 aliphatic heterocycles. The van der Waals surface area contributed by atoms with Gasteiger partial charge in [0.05, 0.1) is 12.2 Å². The Morgan fingerprint density at radius 3 is 2.67 bits per heavy atom. The Bertz CT molecular complexity index is 284. The molecule has 1 amide bonds. The van der Waals surface area contributed by atoms with Gasteiger partial charge in [0.2, 0.25) is 5.91 Å². The molecule has 0 bridgehead atoms. The largest absolute Gasteiger partial charge is 0.328 e. The Morgan fingerprint density at radius 1 is 1.33 bits per heavy atom. The number of nitrogens with one attached hydrogen (secondary N) is 1. The van der Waals surface area contributed by atoms with Crippen LogP contribution in [0.3, 0.4) is 0 Å². The van der Waals surface area contributed by atoms with Gasteiger partial charge >= 0.3 is 0 Å². The number of carbonyl (C=O) groups is 1. The fraction of sp³-hybridized carbons (Fsp3) is 0.933. The number of rotatable bonds is 6.